The van der Waals surface area contributed by atoms with E-state index < -0.39 is 0 Å². The van der Waals surface area contributed by atoms with Gasteiger partial charge in [-0.1, -0.05) is 32.4 Å². The molecule has 96 valence electrons. The molecule has 0 spiro atoms. The number of hydrogen-bond acceptors (Lipinski definition) is 4. The molecule has 2 aromatic heterocycles. The van der Waals surface area contributed by atoms with E-state index in [4.69, 9.17) is 11.6 Å². The Bertz CT molecular complexity index is 545. The Morgan fingerprint density at radius 3 is 2.56 bits per heavy atom. The van der Waals surface area contributed by atoms with E-state index in [0.717, 1.165) is 5.69 Å². The van der Waals surface area contributed by atoms with Crippen molar-refractivity contribution in [3.8, 4) is 5.82 Å². The van der Waals surface area contributed by atoms with Gasteiger partial charge in [0, 0.05) is 17.2 Å². The zero-order valence-corrected chi connectivity index (χ0v) is 11.3. The van der Waals surface area contributed by atoms with E-state index in [1.807, 2.05) is 20.8 Å². The van der Waals surface area contributed by atoms with Crippen LogP contribution in [0.3, 0.4) is 0 Å². The second-order valence-electron chi connectivity index (χ2n) is 5.02. The fraction of sp³-hybridized carbons (Fsp3) is 0.417. The van der Waals surface area contributed by atoms with Crippen molar-refractivity contribution in [2.75, 3.05) is 0 Å². The van der Waals surface area contributed by atoms with Gasteiger partial charge in [0.1, 0.15) is 5.15 Å². The first-order valence-corrected chi connectivity index (χ1v) is 5.99. The summed E-state index contributed by atoms with van der Waals surface area (Å²) in [6, 6.07) is 3.52. The minimum absolute atomic E-state index is 0.147. The fourth-order valence-electron chi connectivity index (χ4n) is 1.73. The topological polar surface area (TPSA) is 63.8 Å². The zero-order valence-electron chi connectivity index (χ0n) is 10.6. The molecule has 0 bridgehead atoms. The number of nitrogens with zero attached hydrogens (tertiary/aromatic N) is 4. The van der Waals surface area contributed by atoms with Gasteiger partial charge in [0.2, 0.25) is 0 Å². The molecule has 18 heavy (non-hydrogen) atoms. The molecule has 0 aromatic carbocycles. The average Bonchev–Trinajstić information content (AvgIpc) is 2.67. The van der Waals surface area contributed by atoms with Crippen LogP contribution in [0.4, 0.5) is 0 Å². The summed E-state index contributed by atoms with van der Waals surface area (Å²) in [7, 11) is 0. The lowest BCUT2D eigenvalue weighted by atomic mass is 9.90. The first-order chi connectivity index (χ1) is 8.45. The van der Waals surface area contributed by atoms with Crippen molar-refractivity contribution >= 4 is 11.6 Å². The summed E-state index contributed by atoms with van der Waals surface area (Å²) in [6.07, 6.45) is 1.58. The van der Waals surface area contributed by atoms with Crippen LogP contribution >= 0.6 is 11.6 Å². The lowest BCUT2D eigenvalue weighted by molar-refractivity contribution is 0.278. The van der Waals surface area contributed by atoms with Gasteiger partial charge < -0.3 is 5.11 Å². The summed E-state index contributed by atoms with van der Waals surface area (Å²) in [6.45, 7) is 5.91. The monoisotopic (exact) mass is 266 g/mol. The van der Waals surface area contributed by atoms with Gasteiger partial charge in [-0.25, -0.2) is 4.68 Å². The molecule has 2 heterocycles. The Morgan fingerprint density at radius 1 is 1.39 bits per heavy atom. The molecular weight excluding hydrogens is 252 g/mol. The maximum Gasteiger partial charge on any atom is 0.177 e. The number of aromatic nitrogens is 4. The van der Waals surface area contributed by atoms with Crippen LogP contribution in [0.2, 0.25) is 5.15 Å². The first-order valence-electron chi connectivity index (χ1n) is 5.62. The smallest absolute Gasteiger partial charge is 0.177 e. The third-order valence-electron chi connectivity index (χ3n) is 2.56. The number of aliphatic hydroxyl groups is 1. The van der Waals surface area contributed by atoms with Crippen LogP contribution in [-0.2, 0) is 12.0 Å². The Hall–Kier alpha value is -1.46. The Kier molecular flexibility index (Phi) is 3.36. The van der Waals surface area contributed by atoms with Gasteiger partial charge >= 0.3 is 0 Å². The summed E-state index contributed by atoms with van der Waals surface area (Å²) in [4.78, 5) is 0. The van der Waals surface area contributed by atoms with Crippen LogP contribution in [0.25, 0.3) is 5.82 Å². The van der Waals surface area contributed by atoms with Crippen molar-refractivity contribution < 1.29 is 5.11 Å². The third kappa shape index (κ3) is 2.23. The minimum Gasteiger partial charge on any atom is -0.391 e. The molecule has 0 atom stereocenters. The van der Waals surface area contributed by atoms with Gasteiger partial charge in [-0.3, -0.25) is 0 Å². The van der Waals surface area contributed by atoms with E-state index in [-0.39, 0.29) is 12.0 Å². The molecule has 0 unspecified atom stereocenters. The quantitative estimate of drug-likeness (QED) is 0.904. The summed E-state index contributed by atoms with van der Waals surface area (Å²) >= 11 is 6.24. The maximum atomic E-state index is 9.45. The van der Waals surface area contributed by atoms with Crippen molar-refractivity contribution in [2.24, 2.45) is 0 Å². The van der Waals surface area contributed by atoms with E-state index in [9.17, 15) is 5.11 Å². The van der Waals surface area contributed by atoms with E-state index in [1.165, 1.54) is 4.68 Å². The lowest BCUT2D eigenvalue weighted by Gasteiger charge is -2.16. The summed E-state index contributed by atoms with van der Waals surface area (Å²) < 4.78 is 1.50. The normalized spacial score (nSPS) is 11.8. The Labute approximate surface area is 110 Å². The van der Waals surface area contributed by atoms with Crippen LogP contribution in [0.5, 0.6) is 0 Å². The van der Waals surface area contributed by atoms with Crippen LogP contribution in [-0.4, -0.2) is 25.1 Å². The molecule has 0 aliphatic carbocycles. The SMILES string of the molecule is CC(C)(C)c1nn(-c2cccnn2)c(Cl)c1CO. The summed E-state index contributed by atoms with van der Waals surface area (Å²) in [5.41, 5.74) is 1.20. The third-order valence-corrected chi connectivity index (χ3v) is 2.95. The molecule has 1 N–H and O–H groups in total. The largest absolute Gasteiger partial charge is 0.391 e. The predicted octanol–water partition coefficient (Wildman–Crippen LogP) is 2.11. The van der Waals surface area contributed by atoms with Gasteiger partial charge in [-0.15, -0.1) is 5.10 Å². The Morgan fingerprint density at radius 2 is 2.11 bits per heavy atom. The highest BCUT2D eigenvalue weighted by molar-refractivity contribution is 6.30. The molecule has 0 aliphatic heterocycles. The van der Waals surface area contributed by atoms with Gasteiger partial charge in [-0.05, 0) is 12.1 Å². The van der Waals surface area contributed by atoms with Gasteiger partial charge in [0.05, 0.1) is 12.3 Å². The van der Waals surface area contributed by atoms with Crippen LogP contribution in [0, 0.1) is 0 Å². The van der Waals surface area contributed by atoms with Crippen LogP contribution in [0.1, 0.15) is 32.0 Å². The van der Waals surface area contributed by atoms with Crippen LogP contribution in [0.15, 0.2) is 18.3 Å². The molecule has 0 radical (unpaired) electrons. The van der Waals surface area contributed by atoms with Crippen molar-refractivity contribution in [2.45, 2.75) is 32.8 Å². The van der Waals surface area contributed by atoms with Gasteiger partial charge in [0.15, 0.2) is 5.82 Å². The molecule has 0 saturated heterocycles. The van der Waals surface area contributed by atoms with Crippen molar-refractivity contribution in [1.29, 1.82) is 0 Å². The van der Waals surface area contributed by atoms with Crippen molar-refractivity contribution in [1.82, 2.24) is 20.0 Å². The second kappa shape index (κ2) is 4.66. The standard InChI is InChI=1S/C12H15ClN4O/c1-12(2,3)10-8(7-18)11(13)17(16-10)9-5-4-6-14-15-9/h4-6,18H,7H2,1-3H3. The molecular formula is C12H15ClN4O. The van der Waals surface area contributed by atoms with Gasteiger partial charge in [-0.2, -0.15) is 10.2 Å². The predicted molar refractivity (Wildman–Crippen MR) is 68.8 cm³/mol. The molecule has 6 heteroatoms. The van der Waals surface area contributed by atoms with E-state index in [0.29, 0.717) is 16.5 Å². The molecule has 0 saturated carbocycles. The lowest BCUT2D eigenvalue weighted by Crippen LogP contribution is -2.15. The number of halogens is 1. The molecule has 2 aromatic rings. The van der Waals surface area contributed by atoms with E-state index >= 15 is 0 Å². The number of aliphatic hydroxyl groups excluding tert-OH is 1. The molecule has 0 fully saturated rings. The number of hydrogen-bond donors (Lipinski definition) is 1. The number of rotatable bonds is 2. The highest BCUT2D eigenvalue weighted by Gasteiger charge is 2.26. The molecule has 5 nitrogen and oxygen atoms in total. The molecule has 0 amide bonds. The van der Waals surface area contributed by atoms with Crippen LogP contribution < -0.4 is 0 Å². The van der Waals surface area contributed by atoms with E-state index in [1.54, 1.807) is 18.3 Å². The highest BCUT2D eigenvalue weighted by Crippen LogP contribution is 2.31. The second-order valence-corrected chi connectivity index (χ2v) is 5.38. The average molecular weight is 267 g/mol. The molecule has 0 aliphatic rings. The van der Waals surface area contributed by atoms with Gasteiger partial charge in [0.25, 0.3) is 0 Å². The highest BCUT2D eigenvalue weighted by atomic mass is 35.5. The first kappa shape index (κ1) is 13.0. The fourth-order valence-corrected chi connectivity index (χ4v) is 2.00. The Balaban J connectivity index is 2.61. The van der Waals surface area contributed by atoms with Crippen molar-refractivity contribution in [3.05, 3.63) is 34.7 Å². The summed E-state index contributed by atoms with van der Waals surface area (Å²) in [5, 5.41) is 22.0. The minimum atomic E-state index is -0.199. The zero-order chi connectivity index (χ0) is 13.3. The van der Waals surface area contributed by atoms with E-state index in [2.05, 4.69) is 15.3 Å². The van der Waals surface area contributed by atoms with Crippen molar-refractivity contribution in [3.63, 3.8) is 0 Å². The summed E-state index contributed by atoms with van der Waals surface area (Å²) in [5.74, 6) is 0.535. The molecule has 2 rings (SSSR count). The maximum absolute atomic E-state index is 9.45.